The molecule has 1 fully saturated rings. The molecule has 0 aromatic carbocycles. The van der Waals surface area contributed by atoms with E-state index < -0.39 is 11.9 Å². The lowest BCUT2D eigenvalue weighted by Gasteiger charge is -1.95. The summed E-state index contributed by atoms with van der Waals surface area (Å²) in [6, 6.07) is 0. The molecule has 1 saturated heterocycles. The highest BCUT2D eigenvalue weighted by atomic mass is 16.6. The maximum Gasteiger partial charge on any atom is 0.321 e. The number of carbonyl (C=O) groups excluding carboxylic acids is 2. The molecule has 0 spiro atoms. The Morgan fingerprint density at radius 1 is 1.43 bits per heavy atom. The Hall–Kier alpha value is -1.12. The topological polar surface area (TPSA) is 43.4 Å². The monoisotopic (exact) mass is 196 g/mol. The molecule has 0 aromatic heterocycles. The summed E-state index contributed by atoms with van der Waals surface area (Å²) in [5.41, 5.74) is 0. The maximum atomic E-state index is 11.0. The van der Waals surface area contributed by atoms with Gasteiger partial charge in [-0.2, -0.15) is 0 Å². The molecule has 3 heteroatoms. The number of cyclic esters (lactones) is 2. The summed E-state index contributed by atoms with van der Waals surface area (Å²) in [6.45, 7) is 2.15. The molecular formula is C11H16O3. The Balaban J connectivity index is 2.23. The normalized spacial score (nSPS) is 21.9. The summed E-state index contributed by atoms with van der Waals surface area (Å²) in [7, 11) is 0. The first kappa shape index (κ1) is 11.0. The van der Waals surface area contributed by atoms with Crippen LogP contribution < -0.4 is 0 Å². The van der Waals surface area contributed by atoms with Crippen molar-refractivity contribution in [2.45, 2.75) is 39.0 Å². The summed E-state index contributed by atoms with van der Waals surface area (Å²) in [5.74, 6) is -1.14. The number of hydrogen-bond acceptors (Lipinski definition) is 3. The van der Waals surface area contributed by atoms with Gasteiger partial charge in [0.25, 0.3) is 0 Å². The van der Waals surface area contributed by atoms with Crippen LogP contribution in [-0.2, 0) is 14.3 Å². The average Bonchev–Trinajstić information content (AvgIpc) is 2.45. The number of allylic oxidation sites excluding steroid dienone is 1. The highest BCUT2D eigenvalue weighted by molar-refractivity contribution is 5.95. The van der Waals surface area contributed by atoms with Crippen LogP contribution in [0.5, 0.6) is 0 Å². The first-order valence-corrected chi connectivity index (χ1v) is 5.15. The molecule has 0 radical (unpaired) electrons. The highest BCUT2D eigenvalue weighted by Crippen LogP contribution is 2.17. The third kappa shape index (κ3) is 3.32. The smallest absolute Gasteiger partial charge is 0.321 e. The van der Waals surface area contributed by atoms with Gasteiger partial charge in [0, 0.05) is 0 Å². The first-order chi connectivity index (χ1) is 6.74. The quantitative estimate of drug-likeness (QED) is 0.293. The van der Waals surface area contributed by atoms with Gasteiger partial charge in [-0.15, -0.1) is 0 Å². The second-order valence-corrected chi connectivity index (χ2v) is 3.53. The Bertz CT molecular complexity index is 243. The van der Waals surface area contributed by atoms with Gasteiger partial charge >= 0.3 is 11.9 Å². The number of ether oxygens (including phenoxy) is 1. The minimum Gasteiger partial charge on any atom is -0.393 e. The minimum atomic E-state index is -0.404. The van der Waals surface area contributed by atoms with E-state index >= 15 is 0 Å². The fraction of sp³-hybridized carbons (Fsp3) is 0.636. The van der Waals surface area contributed by atoms with E-state index in [0.717, 1.165) is 12.8 Å². The molecule has 1 rings (SSSR count). The van der Waals surface area contributed by atoms with Crippen molar-refractivity contribution >= 4 is 11.9 Å². The SMILES string of the molecule is CCCCCC=CC1CC(=O)OC1=O. The summed E-state index contributed by atoms with van der Waals surface area (Å²) in [6.07, 6.45) is 8.50. The fourth-order valence-corrected chi connectivity index (χ4v) is 1.41. The van der Waals surface area contributed by atoms with Crippen molar-refractivity contribution in [2.24, 2.45) is 5.92 Å². The van der Waals surface area contributed by atoms with Crippen molar-refractivity contribution in [1.29, 1.82) is 0 Å². The predicted molar refractivity (Wildman–Crippen MR) is 52.5 cm³/mol. The standard InChI is InChI=1S/C11H16O3/c1-2-3-4-5-6-7-9-8-10(12)14-11(9)13/h6-7,9H,2-5,8H2,1H3. The van der Waals surface area contributed by atoms with E-state index in [2.05, 4.69) is 11.7 Å². The molecule has 0 aromatic rings. The van der Waals surface area contributed by atoms with E-state index in [0.29, 0.717) is 0 Å². The lowest BCUT2D eigenvalue weighted by atomic mass is 10.1. The minimum absolute atomic E-state index is 0.211. The van der Waals surface area contributed by atoms with Gasteiger partial charge in [-0.25, -0.2) is 0 Å². The van der Waals surface area contributed by atoms with Crippen molar-refractivity contribution in [1.82, 2.24) is 0 Å². The molecule has 3 nitrogen and oxygen atoms in total. The fourth-order valence-electron chi connectivity index (χ4n) is 1.41. The average molecular weight is 196 g/mol. The van der Waals surface area contributed by atoms with Gasteiger partial charge < -0.3 is 4.74 Å². The Labute approximate surface area is 84.1 Å². The Kier molecular flexibility index (Phi) is 4.36. The molecule has 1 atom stereocenters. The third-order valence-electron chi connectivity index (χ3n) is 2.25. The van der Waals surface area contributed by atoms with Crippen molar-refractivity contribution in [3.8, 4) is 0 Å². The van der Waals surface area contributed by atoms with Crippen molar-refractivity contribution in [2.75, 3.05) is 0 Å². The van der Waals surface area contributed by atoms with E-state index in [9.17, 15) is 9.59 Å². The molecule has 1 aliphatic heterocycles. The van der Waals surface area contributed by atoms with E-state index in [1.54, 1.807) is 6.08 Å². The summed E-state index contributed by atoms with van der Waals surface area (Å²) in [4.78, 5) is 21.7. The summed E-state index contributed by atoms with van der Waals surface area (Å²) < 4.78 is 4.42. The van der Waals surface area contributed by atoms with Crippen LogP contribution in [0.25, 0.3) is 0 Å². The molecule has 1 aliphatic rings. The number of unbranched alkanes of at least 4 members (excludes halogenated alkanes) is 3. The van der Waals surface area contributed by atoms with Crippen molar-refractivity contribution in [3.63, 3.8) is 0 Å². The van der Waals surface area contributed by atoms with Crippen molar-refractivity contribution in [3.05, 3.63) is 12.2 Å². The summed E-state index contributed by atoms with van der Waals surface area (Å²) >= 11 is 0. The second-order valence-electron chi connectivity index (χ2n) is 3.53. The number of hydrogen-bond donors (Lipinski definition) is 0. The van der Waals surface area contributed by atoms with E-state index in [1.165, 1.54) is 12.8 Å². The molecule has 1 unspecified atom stereocenters. The van der Waals surface area contributed by atoms with Crippen LogP contribution in [0.4, 0.5) is 0 Å². The lowest BCUT2D eigenvalue weighted by Crippen LogP contribution is -2.03. The molecule has 0 amide bonds. The molecule has 1 heterocycles. The Morgan fingerprint density at radius 3 is 2.79 bits per heavy atom. The number of carbonyl (C=O) groups is 2. The van der Waals surface area contributed by atoms with Crippen LogP contribution in [0, 0.1) is 5.92 Å². The Morgan fingerprint density at radius 2 is 2.21 bits per heavy atom. The van der Waals surface area contributed by atoms with Crippen LogP contribution in [-0.4, -0.2) is 11.9 Å². The molecular weight excluding hydrogens is 180 g/mol. The molecule has 0 saturated carbocycles. The number of rotatable bonds is 5. The van der Waals surface area contributed by atoms with Crippen LogP contribution in [0.1, 0.15) is 39.0 Å². The summed E-state index contributed by atoms with van der Waals surface area (Å²) in [5, 5.41) is 0. The van der Waals surface area contributed by atoms with Crippen LogP contribution in [0.2, 0.25) is 0 Å². The van der Waals surface area contributed by atoms with Gasteiger partial charge in [-0.1, -0.05) is 31.9 Å². The first-order valence-electron chi connectivity index (χ1n) is 5.15. The lowest BCUT2D eigenvalue weighted by molar-refractivity contribution is -0.152. The zero-order valence-corrected chi connectivity index (χ0v) is 8.49. The van der Waals surface area contributed by atoms with Crippen molar-refractivity contribution < 1.29 is 14.3 Å². The van der Waals surface area contributed by atoms with Gasteiger partial charge in [0.1, 0.15) is 0 Å². The van der Waals surface area contributed by atoms with Gasteiger partial charge in [-0.05, 0) is 12.8 Å². The number of esters is 2. The third-order valence-corrected chi connectivity index (χ3v) is 2.25. The maximum absolute atomic E-state index is 11.0. The van der Waals surface area contributed by atoms with Crippen LogP contribution in [0.3, 0.4) is 0 Å². The van der Waals surface area contributed by atoms with Gasteiger partial charge in [0.05, 0.1) is 12.3 Å². The predicted octanol–water partition coefficient (Wildman–Crippen LogP) is 2.21. The molecule has 0 aliphatic carbocycles. The van der Waals surface area contributed by atoms with Gasteiger partial charge in [-0.3, -0.25) is 9.59 Å². The largest absolute Gasteiger partial charge is 0.393 e. The van der Waals surface area contributed by atoms with Gasteiger partial charge in [0.2, 0.25) is 0 Å². The zero-order valence-electron chi connectivity index (χ0n) is 8.49. The van der Waals surface area contributed by atoms with E-state index in [4.69, 9.17) is 0 Å². The van der Waals surface area contributed by atoms with Crippen LogP contribution in [0.15, 0.2) is 12.2 Å². The highest BCUT2D eigenvalue weighted by Gasteiger charge is 2.30. The van der Waals surface area contributed by atoms with E-state index in [1.807, 2.05) is 6.08 Å². The zero-order chi connectivity index (χ0) is 10.4. The molecule has 14 heavy (non-hydrogen) atoms. The van der Waals surface area contributed by atoms with Crippen LogP contribution >= 0.6 is 0 Å². The molecule has 0 bridgehead atoms. The van der Waals surface area contributed by atoms with E-state index in [-0.39, 0.29) is 12.3 Å². The molecule has 78 valence electrons. The molecule has 0 N–H and O–H groups in total. The van der Waals surface area contributed by atoms with Gasteiger partial charge in [0.15, 0.2) is 0 Å². The second kappa shape index (κ2) is 5.58.